The predicted octanol–water partition coefficient (Wildman–Crippen LogP) is 4.52. The monoisotopic (exact) mass is 368 g/mol. The van der Waals surface area contributed by atoms with Crippen LogP contribution in [-0.2, 0) is 4.79 Å². The van der Waals surface area contributed by atoms with E-state index >= 15 is 0 Å². The molecule has 1 aliphatic heterocycles. The third kappa shape index (κ3) is 4.61. The van der Waals surface area contributed by atoms with Crippen LogP contribution < -0.4 is 5.32 Å². The molecule has 3 rings (SSSR count). The number of thiophene rings is 1. The Bertz CT molecular complexity index is 788. The average molecular weight is 369 g/mol. The summed E-state index contributed by atoms with van der Waals surface area (Å²) in [5, 5.41) is 6.78. The number of amides is 2. The maximum absolute atomic E-state index is 13.0. The molecular weight excluding hydrogens is 344 g/mol. The normalized spacial score (nSPS) is 20.3. The number of rotatable bonds is 4. The Balaban J connectivity index is 1.73. The summed E-state index contributed by atoms with van der Waals surface area (Å²) in [4.78, 5) is 27.1. The Morgan fingerprint density at radius 2 is 1.88 bits per heavy atom. The Morgan fingerprint density at radius 1 is 1.15 bits per heavy atom. The van der Waals surface area contributed by atoms with Crippen LogP contribution in [0.3, 0.4) is 0 Å². The highest BCUT2D eigenvalue weighted by molar-refractivity contribution is 7.08. The molecule has 1 fully saturated rings. The molecule has 0 aliphatic carbocycles. The van der Waals surface area contributed by atoms with Crippen molar-refractivity contribution >= 4 is 34.9 Å². The molecule has 2 heterocycles. The highest BCUT2D eigenvalue weighted by Crippen LogP contribution is 2.25. The van der Waals surface area contributed by atoms with E-state index in [2.05, 4.69) is 19.2 Å². The lowest BCUT2D eigenvalue weighted by atomic mass is 9.91. The van der Waals surface area contributed by atoms with Crippen molar-refractivity contribution in [1.29, 1.82) is 0 Å². The Kier molecular flexibility index (Phi) is 5.89. The number of hydrogen-bond acceptors (Lipinski definition) is 3. The Labute approximate surface area is 158 Å². The highest BCUT2D eigenvalue weighted by Gasteiger charge is 2.27. The first-order chi connectivity index (χ1) is 12.5. The van der Waals surface area contributed by atoms with Crippen molar-refractivity contribution in [2.75, 3.05) is 18.4 Å². The maximum Gasteiger partial charge on any atom is 0.255 e. The van der Waals surface area contributed by atoms with Crippen LogP contribution in [0.25, 0.3) is 6.08 Å². The first-order valence-electron chi connectivity index (χ1n) is 8.92. The number of carbonyl (C=O) groups is 2. The van der Waals surface area contributed by atoms with Gasteiger partial charge in [0.2, 0.25) is 5.91 Å². The van der Waals surface area contributed by atoms with E-state index in [1.807, 2.05) is 33.9 Å². The summed E-state index contributed by atoms with van der Waals surface area (Å²) >= 11 is 1.58. The summed E-state index contributed by atoms with van der Waals surface area (Å²) in [5.74, 6) is 0.744. The smallest absolute Gasteiger partial charge is 0.255 e. The molecule has 2 aromatic rings. The van der Waals surface area contributed by atoms with Gasteiger partial charge in [0.05, 0.1) is 11.3 Å². The largest absolute Gasteiger partial charge is 0.338 e. The Morgan fingerprint density at radius 3 is 2.58 bits per heavy atom. The fourth-order valence-corrected chi connectivity index (χ4v) is 4.12. The van der Waals surface area contributed by atoms with Crippen LogP contribution in [0.5, 0.6) is 0 Å². The van der Waals surface area contributed by atoms with Crippen molar-refractivity contribution < 1.29 is 9.59 Å². The average Bonchev–Trinajstić information content (AvgIpc) is 3.12. The van der Waals surface area contributed by atoms with Crippen molar-refractivity contribution in [2.45, 2.75) is 20.3 Å². The lowest BCUT2D eigenvalue weighted by Gasteiger charge is -2.35. The van der Waals surface area contributed by atoms with Crippen molar-refractivity contribution in [2.24, 2.45) is 11.8 Å². The predicted molar refractivity (Wildman–Crippen MR) is 107 cm³/mol. The van der Waals surface area contributed by atoms with Gasteiger partial charge in [0.25, 0.3) is 5.91 Å². The van der Waals surface area contributed by atoms with Gasteiger partial charge < -0.3 is 10.2 Å². The zero-order valence-electron chi connectivity index (χ0n) is 15.1. The third-order valence-electron chi connectivity index (χ3n) is 4.54. The standard InChI is InChI=1S/C21H24N2O2S/c1-15-11-16(2)13-23(12-15)21(25)18-5-3-4-6-19(18)22-20(24)8-7-17-9-10-26-14-17/h3-10,14-16H,11-13H2,1-2H3,(H,22,24)/b8-7+. The van der Waals surface area contributed by atoms with E-state index in [4.69, 9.17) is 0 Å². The molecule has 2 unspecified atom stereocenters. The molecular formula is C21H24N2O2S. The molecule has 26 heavy (non-hydrogen) atoms. The molecule has 1 aliphatic rings. The molecule has 1 aromatic carbocycles. The van der Waals surface area contributed by atoms with Gasteiger partial charge in [-0.1, -0.05) is 26.0 Å². The number of benzene rings is 1. The zero-order chi connectivity index (χ0) is 18.5. The minimum atomic E-state index is -0.239. The van der Waals surface area contributed by atoms with Gasteiger partial charge in [-0.2, -0.15) is 11.3 Å². The quantitative estimate of drug-likeness (QED) is 0.807. The Hall–Kier alpha value is -2.40. The molecule has 1 saturated heterocycles. The van der Waals surface area contributed by atoms with E-state index in [1.54, 1.807) is 29.5 Å². The lowest BCUT2D eigenvalue weighted by Crippen LogP contribution is -2.42. The van der Waals surface area contributed by atoms with Crippen molar-refractivity contribution in [3.63, 3.8) is 0 Å². The molecule has 0 spiro atoms. The summed E-state index contributed by atoms with van der Waals surface area (Å²) in [6.07, 6.45) is 4.41. The van der Waals surface area contributed by atoms with Gasteiger partial charge in [-0.3, -0.25) is 9.59 Å². The summed E-state index contributed by atoms with van der Waals surface area (Å²) in [6, 6.07) is 9.17. The van der Waals surface area contributed by atoms with E-state index in [0.717, 1.165) is 25.1 Å². The number of likely N-dealkylation sites (tertiary alicyclic amines) is 1. The number of nitrogens with one attached hydrogen (secondary N) is 1. The van der Waals surface area contributed by atoms with Gasteiger partial charge in [-0.25, -0.2) is 0 Å². The van der Waals surface area contributed by atoms with E-state index in [9.17, 15) is 9.59 Å². The molecule has 2 amide bonds. The minimum absolute atomic E-state index is 0.0129. The van der Waals surface area contributed by atoms with Crippen LogP contribution in [0.2, 0.25) is 0 Å². The van der Waals surface area contributed by atoms with Gasteiger partial charge >= 0.3 is 0 Å². The van der Waals surface area contributed by atoms with Gasteiger partial charge in [0.1, 0.15) is 0 Å². The van der Waals surface area contributed by atoms with Crippen LogP contribution in [-0.4, -0.2) is 29.8 Å². The van der Waals surface area contributed by atoms with E-state index in [1.165, 1.54) is 6.08 Å². The van der Waals surface area contributed by atoms with E-state index < -0.39 is 0 Å². The first-order valence-corrected chi connectivity index (χ1v) is 9.86. The second-order valence-electron chi connectivity index (χ2n) is 7.08. The molecule has 4 nitrogen and oxygen atoms in total. The lowest BCUT2D eigenvalue weighted by molar-refractivity contribution is -0.111. The minimum Gasteiger partial charge on any atom is -0.338 e. The van der Waals surface area contributed by atoms with Crippen molar-refractivity contribution in [3.8, 4) is 0 Å². The van der Waals surface area contributed by atoms with Gasteiger partial charge in [0, 0.05) is 19.2 Å². The molecule has 0 radical (unpaired) electrons. The highest BCUT2D eigenvalue weighted by atomic mass is 32.1. The third-order valence-corrected chi connectivity index (χ3v) is 5.24. The number of piperidine rings is 1. The number of para-hydroxylation sites is 1. The summed E-state index contributed by atoms with van der Waals surface area (Å²) in [7, 11) is 0. The van der Waals surface area contributed by atoms with Crippen LogP contribution in [0.15, 0.2) is 47.2 Å². The van der Waals surface area contributed by atoms with Crippen LogP contribution >= 0.6 is 11.3 Å². The second-order valence-corrected chi connectivity index (χ2v) is 7.86. The number of anilines is 1. The summed E-state index contributed by atoms with van der Waals surface area (Å²) < 4.78 is 0. The molecule has 136 valence electrons. The summed E-state index contributed by atoms with van der Waals surface area (Å²) in [6.45, 7) is 5.89. The zero-order valence-corrected chi connectivity index (χ0v) is 16.0. The van der Waals surface area contributed by atoms with Gasteiger partial charge in [-0.15, -0.1) is 0 Å². The van der Waals surface area contributed by atoms with Gasteiger partial charge in [-0.05, 0) is 58.9 Å². The molecule has 1 N–H and O–H groups in total. The van der Waals surface area contributed by atoms with Crippen LogP contribution in [0, 0.1) is 11.8 Å². The maximum atomic E-state index is 13.0. The van der Waals surface area contributed by atoms with Crippen molar-refractivity contribution in [1.82, 2.24) is 4.90 Å². The number of hydrogen-bond donors (Lipinski definition) is 1. The number of nitrogens with zero attached hydrogens (tertiary/aromatic N) is 1. The van der Waals surface area contributed by atoms with Crippen LogP contribution in [0.1, 0.15) is 36.2 Å². The topological polar surface area (TPSA) is 49.4 Å². The van der Waals surface area contributed by atoms with Crippen molar-refractivity contribution in [3.05, 3.63) is 58.3 Å². The van der Waals surface area contributed by atoms with Crippen LogP contribution in [0.4, 0.5) is 5.69 Å². The SMILES string of the molecule is CC1CC(C)CN(C(=O)c2ccccc2NC(=O)/C=C/c2ccsc2)C1. The number of carbonyl (C=O) groups excluding carboxylic acids is 2. The molecule has 1 aromatic heterocycles. The molecule has 2 atom stereocenters. The second kappa shape index (κ2) is 8.32. The molecule has 0 saturated carbocycles. The van der Waals surface area contributed by atoms with E-state index in [0.29, 0.717) is 23.1 Å². The van der Waals surface area contributed by atoms with Gasteiger partial charge in [0.15, 0.2) is 0 Å². The first kappa shape index (κ1) is 18.4. The molecule has 5 heteroatoms. The molecule has 0 bridgehead atoms. The summed E-state index contributed by atoms with van der Waals surface area (Å²) in [5.41, 5.74) is 2.10. The fourth-order valence-electron chi connectivity index (χ4n) is 3.49. The van der Waals surface area contributed by atoms with E-state index in [-0.39, 0.29) is 11.8 Å². The fraction of sp³-hybridized carbons (Fsp3) is 0.333.